The molecule has 116 valence electrons. The Balaban J connectivity index is 2.09. The van der Waals surface area contributed by atoms with Crippen LogP contribution in [0.25, 0.3) is 0 Å². The third kappa shape index (κ3) is 7.02. The van der Waals surface area contributed by atoms with E-state index in [2.05, 4.69) is 24.5 Å². The first kappa shape index (κ1) is 17.1. The van der Waals surface area contributed by atoms with Crippen LogP contribution < -0.4 is 15.5 Å². The van der Waals surface area contributed by atoms with Gasteiger partial charge in [0.05, 0.1) is 13.2 Å². The van der Waals surface area contributed by atoms with E-state index in [1.165, 1.54) is 0 Å². The molecule has 7 heteroatoms. The predicted molar refractivity (Wildman–Crippen MR) is 80.9 cm³/mol. The number of alkyl carbamates (subject to hydrolysis) is 1. The molecule has 0 aromatic carbocycles. The molecular weight excluding hydrogens is 278 g/mol. The van der Waals surface area contributed by atoms with Crippen LogP contribution in [0, 0.1) is 0 Å². The number of carbonyl (C=O) groups is 1. The zero-order chi connectivity index (χ0) is 15.0. The predicted octanol–water partition coefficient (Wildman–Crippen LogP) is -0.311. The number of nitrogens with one attached hydrogen (secondary N) is 3. The van der Waals surface area contributed by atoms with Gasteiger partial charge >= 0.3 is 6.09 Å². The number of carbonyl (C=O) groups excluding carboxylic acids is 1. The van der Waals surface area contributed by atoms with E-state index in [0.29, 0.717) is 23.9 Å². The van der Waals surface area contributed by atoms with E-state index in [1.54, 1.807) is 11.8 Å². The standard InChI is InChI=1S/C13H25N3O3S/c1-4-18-13(17)15-12(20)14-6-5-7-16-8-10(2)19-11(3)9-16/h10-11H,4-9H2,1-3H3,(H2,14,15,17,20)/p+1/t10-,11-/m1/s1. The smallest absolute Gasteiger partial charge is 0.413 e. The molecule has 6 nitrogen and oxygen atoms in total. The van der Waals surface area contributed by atoms with Gasteiger partial charge in [-0.3, -0.25) is 5.32 Å². The summed E-state index contributed by atoms with van der Waals surface area (Å²) >= 11 is 5.00. The SMILES string of the molecule is CCOC(=O)NC(=S)NCCC[NH+]1C[C@@H](C)O[C@H](C)C1. The Bertz CT molecular complexity index is 318. The minimum absolute atomic E-state index is 0.321. The van der Waals surface area contributed by atoms with Gasteiger partial charge in [-0.05, 0) is 33.0 Å². The lowest BCUT2D eigenvalue weighted by Gasteiger charge is -2.32. The number of ether oxygens (including phenoxy) is 2. The highest BCUT2D eigenvalue weighted by Crippen LogP contribution is 1.98. The molecule has 0 unspecified atom stereocenters. The van der Waals surface area contributed by atoms with E-state index in [1.807, 2.05) is 0 Å². The topological polar surface area (TPSA) is 64.0 Å². The van der Waals surface area contributed by atoms with Crippen molar-refractivity contribution in [3.05, 3.63) is 0 Å². The summed E-state index contributed by atoms with van der Waals surface area (Å²) in [4.78, 5) is 12.7. The maximum absolute atomic E-state index is 11.1. The molecule has 2 atom stereocenters. The highest BCUT2D eigenvalue weighted by Gasteiger charge is 2.24. The van der Waals surface area contributed by atoms with Crippen LogP contribution in [0.5, 0.6) is 0 Å². The maximum Gasteiger partial charge on any atom is 0.413 e. The number of hydrogen-bond acceptors (Lipinski definition) is 4. The summed E-state index contributed by atoms with van der Waals surface area (Å²) in [5.74, 6) is 0. The number of thiocarbonyl (C=S) groups is 1. The molecule has 0 saturated carbocycles. The van der Waals surface area contributed by atoms with Crippen molar-refractivity contribution in [1.29, 1.82) is 0 Å². The van der Waals surface area contributed by atoms with Gasteiger partial charge in [0.15, 0.2) is 5.11 Å². The number of quaternary nitrogens is 1. The molecule has 0 aliphatic carbocycles. The third-order valence-electron chi connectivity index (χ3n) is 3.10. The Hall–Kier alpha value is -0.920. The summed E-state index contributed by atoms with van der Waals surface area (Å²) < 4.78 is 10.5. The lowest BCUT2D eigenvalue weighted by Crippen LogP contribution is -3.15. The van der Waals surface area contributed by atoms with Crippen LogP contribution in [0.1, 0.15) is 27.2 Å². The molecule has 3 N–H and O–H groups in total. The third-order valence-corrected chi connectivity index (χ3v) is 3.35. The van der Waals surface area contributed by atoms with Crippen LogP contribution >= 0.6 is 12.2 Å². The molecule has 1 rings (SSSR count). The first-order valence-corrected chi connectivity index (χ1v) is 7.62. The van der Waals surface area contributed by atoms with Crippen molar-refractivity contribution in [2.24, 2.45) is 0 Å². The fourth-order valence-electron chi connectivity index (χ4n) is 2.44. The van der Waals surface area contributed by atoms with Crippen molar-refractivity contribution in [3.63, 3.8) is 0 Å². The number of morpholine rings is 1. The summed E-state index contributed by atoms with van der Waals surface area (Å²) in [6.07, 6.45) is 1.15. The van der Waals surface area contributed by atoms with E-state index in [0.717, 1.165) is 32.6 Å². The summed E-state index contributed by atoms with van der Waals surface area (Å²) in [6, 6.07) is 0. The van der Waals surface area contributed by atoms with Crippen LogP contribution in [-0.4, -0.2) is 56.2 Å². The minimum atomic E-state index is -0.508. The van der Waals surface area contributed by atoms with Gasteiger partial charge in [-0.15, -0.1) is 0 Å². The van der Waals surface area contributed by atoms with Crippen molar-refractivity contribution >= 4 is 23.4 Å². The summed E-state index contributed by atoms with van der Waals surface area (Å²) in [6.45, 7) is 10.3. The van der Waals surface area contributed by atoms with Gasteiger partial charge in [-0.2, -0.15) is 0 Å². The Morgan fingerprint density at radius 3 is 2.65 bits per heavy atom. The molecule has 0 aromatic heterocycles. The van der Waals surface area contributed by atoms with Crippen LogP contribution in [0.4, 0.5) is 4.79 Å². The van der Waals surface area contributed by atoms with E-state index < -0.39 is 6.09 Å². The maximum atomic E-state index is 11.1. The largest absolute Gasteiger partial charge is 0.450 e. The molecule has 1 fully saturated rings. The van der Waals surface area contributed by atoms with Crippen LogP contribution in [-0.2, 0) is 9.47 Å². The lowest BCUT2D eigenvalue weighted by atomic mass is 10.2. The molecule has 20 heavy (non-hydrogen) atoms. The van der Waals surface area contributed by atoms with Crippen molar-refractivity contribution in [2.75, 3.05) is 32.8 Å². The quantitative estimate of drug-likeness (QED) is 0.480. The number of rotatable bonds is 5. The van der Waals surface area contributed by atoms with Gasteiger partial charge in [0, 0.05) is 13.0 Å². The van der Waals surface area contributed by atoms with Crippen molar-refractivity contribution in [3.8, 4) is 0 Å². The molecule has 0 aromatic rings. The van der Waals surface area contributed by atoms with Gasteiger partial charge in [0.1, 0.15) is 25.3 Å². The van der Waals surface area contributed by atoms with Crippen LogP contribution in [0.2, 0.25) is 0 Å². The Morgan fingerprint density at radius 1 is 1.40 bits per heavy atom. The number of hydrogen-bond donors (Lipinski definition) is 3. The average molecular weight is 304 g/mol. The number of amides is 1. The Labute approximate surface area is 126 Å². The van der Waals surface area contributed by atoms with Gasteiger partial charge < -0.3 is 19.7 Å². The second-order valence-corrected chi connectivity index (χ2v) is 5.53. The van der Waals surface area contributed by atoms with E-state index in [9.17, 15) is 4.79 Å². The minimum Gasteiger partial charge on any atom is -0.450 e. The Morgan fingerprint density at radius 2 is 2.05 bits per heavy atom. The summed E-state index contributed by atoms with van der Waals surface area (Å²) in [7, 11) is 0. The van der Waals surface area contributed by atoms with E-state index in [-0.39, 0.29) is 0 Å². The summed E-state index contributed by atoms with van der Waals surface area (Å²) in [5.41, 5.74) is 0. The molecule has 1 aliphatic heterocycles. The summed E-state index contributed by atoms with van der Waals surface area (Å²) in [5, 5.41) is 5.80. The second kappa shape index (κ2) is 9.10. The second-order valence-electron chi connectivity index (χ2n) is 5.12. The van der Waals surface area contributed by atoms with Crippen molar-refractivity contribution in [1.82, 2.24) is 10.6 Å². The first-order valence-electron chi connectivity index (χ1n) is 7.21. The van der Waals surface area contributed by atoms with Crippen LogP contribution in [0.3, 0.4) is 0 Å². The molecule has 0 radical (unpaired) electrons. The van der Waals surface area contributed by atoms with Crippen molar-refractivity contribution in [2.45, 2.75) is 39.4 Å². The lowest BCUT2D eigenvalue weighted by molar-refractivity contribution is -0.915. The highest BCUT2D eigenvalue weighted by atomic mass is 32.1. The van der Waals surface area contributed by atoms with Gasteiger partial charge in [0.25, 0.3) is 0 Å². The molecule has 0 spiro atoms. The monoisotopic (exact) mass is 304 g/mol. The molecule has 1 aliphatic rings. The van der Waals surface area contributed by atoms with E-state index >= 15 is 0 Å². The molecular formula is C13H26N3O3S+. The van der Waals surface area contributed by atoms with Gasteiger partial charge in [-0.25, -0.2) is 4.79 Å². The molecule has 1 heterocycles. The first-order chi connectivity index (χ1) is 9.51. The zero-order valence-corrected chi connectivity index (χ0v) is 13.3. The molecule has 1 saturated heterocycles. The molecule has 1 amide bonds. The van der Waals surface area contributed by atoms with Crippen LogP contribution in [0.15, 0.2) is 0 Å². The fourth-order valence-corrected chi connectivity index (χ4v) is 2.62. The van der Waals surface area contributed by atoms with E-state index in [4.69, 9.17) is 21.7 Å². The average Bonchev–Trinajstić information content (AvgIpc) is 2.33. The van der Waals surface area contributed by atoms with Gasteiger partial charge in [0.2, 0.25) is 0 Å². The highest BCUT2D eigenvalue weighted by molar-refractivity contribution is 7.80. The van der Waals surface area contributed by atoms with Gasteiger partial charge in [-0.1, -0.05) is 0 Å². The molecule has 0 bridgehead atoms. The fraction of sp³-hybridized carbons (Fsp3) is 0.846. The normalized spacial score (nSPS) is 25.9. The van der Waals surface area contributed by atoms with Crippen molar-refractivity contribution < 1.29 is 19.2 Å². The zero-order valence-electron chi connectivity index (χ0n) is 12.5. The Kier molecular flexibility index (Phi) is 7.79.